The predicted octanol–water partition coefficient (Wildman–Crippen LogP) is 3.52. The third kappa shape index (κ3) is 8.72. The molecular weight excluding hydrogens is 348 g/mol. The zero-order valence-corrected chi connectivity index (χ0v) is 16.4. The van der Waals surface area contributed by atoms with Gasteiger partial charge in [0.2, 0.25) is 11.8 Å². The minimum Gasteiger partial charge on any atom is -0.378 e. The SMILES string of the molecule is Cc1cccc(NC(=O)CSCC(=O)NCCCOC2CCCCC2)c1. The van der Waals surface area contributed by atoms with E-state index >= 15 is 0 Å². The highest BCUT2D eigenvalue weighted by molar-refractivity contribution is 8.00. The van der Waals surface area contributed by atoms with Gasteiger partial charge < -0.3 is 15.4 Å². The third-order valence-corrected chi connectivity index (χ3v) is 5.25. The van der Waals surface area contributed by atoms with E-state index in [0.29, 0.717) is 25.0 Å². The first-order valence-corrected chi connectivity index (χ1v) is 10.6. The molecule has 0 bridgehead atoms. The number of benzene rings is 1. The number of ether oxygens (including phenoxy) is 1. The van der Waals surface area contributed by atoms with Crippen molar-refractivity contribution in [2.45, 2.75) is 51.6 Å². The lowest BCUT2D eigenvalue weighted by Crippen LogP contribution is -2.28. The van der Waals surface area contributed by atoms with Crippen molar-refractivity contribution in [2.24, 2.45) is 0 Å². The summed E-state index contributed by atoms with van der Waals surface area (Å²) >= 11 is 1.32. The molecule has 0 heterocycles. The first-order chi connectivity index (χ1) is 12.6. The number of carbonyl (C=O) groups is 2. The van der Waals surface area contributed by atoms with E-state index < -0.39 is 0 Å². The number of amides is 2. The zero-order chi connectivity index (χ0) is 18.6. The molecule has 1 aliphatic rings. The van der Waals surface area contributed by atoms with Crippen molar-refractivity contribution in [3.63, 3.8) is 0 Å². The van der Waals surface area contributed by atoms with E-state index in [1.807, 2.05) is 31.2 Å². The molecule has 1 aromatic rings. The van der Waals surface area contributed by atoms with Crippen LogP contribution >= 0.6 is 11.8 Å². The van der Waals surface area contributed by atoms with Gasteiger partial charge in [0.15, 0.2) is 0 Å². The Labute approximate surface area is 160 Å². The van der Waals surface area contributed by atoms with Crippen LogP contribution in [-0.4, -0.2) is 42.6 Å². The summed E-state index contributed by atoms with van der Waals surface area (Å²) in [6, 6.07) is 7.67. The van der Waals surface area contributed by atoms with Gasteiger partial charge in [0.25, 0.3) is 0 Å². The topological polar surface area (TPSA) is 67.4 Å². The minimum atomic E-state index is -0.0886. The average Bonchev–Trinajstić information content (AvgIpc) is 2.62. The number of aryl methyl sites for hydroxylation is 1. The van der Waals surface area contributed by atoms with Crippen molar-refractivity contribution in [1.29, 1.82) is 0 Å². The summed E-state index contributed by atoms with van der Waals surface area (Å²) in [5.74, 6) is 0.446. The molecule has 2 amide bonds. The van der Waals surface area contributed by atoms with Gasteiger partial charge in [-0.05, 0) is 43.9 Å². The zero-order valence-electron chi connectivity index (χ0n) is 15.6. The number of nitrogens with one attached hydrogen (secondary N) is 2. The van der Waals surface area contributed by atoms with E-state index in [1.165, 1.54) is 43.9 Å². The first-order valence-electron chi connectivity index (χ1n) is 9.46. The van der Waals surface area contributed by atoms with Crippen LogP contribution in [-0.2, 0) is 14.3 Å². The van der Waals surface area contributed by atoms with Gasteiger partial charge in [0.1, 0.15) is 0 Å². The Morgan fingerprint density at radius 2 is 1.92 bits per heavy atom. The monoisotopic (exact) mass is 378 g/mol. The highest BCUT2D eigenvalue weighted by Crippen LogP contribution is 2.20. The molecule has 0 spiro atoms. The molecule has 6 heteroatoms. The van der Waals surface area contributed by atoms with Crippen molar-refractivity contribution in [2.75, 3.05) is 30.0 Å². The summed E-state index contributed by atoms with van der Waals surface area (Å²) in [6.45, 7) is 3.31. The van der Waals surface area contributed by atoms with Crippen LogP contribution in [0.1, 0.15) is 44.1 Å². The van der Waals surface area contributed by atoms with E-state index in [0.717, 1.165) is 17.7 Å². The highest BCUT2D eigenvalue weighted by Gasteiger charge is 2.13. The van der Waals surface area contributed by atoms with Gasteiger partial charge in [0, 0.05) is 18.8 Å². The van der Waals surface area contributed by atoms with E-state index in [-0.39, 0.29) is 17.6 Å². The molecule has 5 nitrogen and oxygen atoms in total. The Kier molecular flexibility index (Phi) is 9.56. The summed E-state index contributed by atoms with van der Waals surface area (Å²) in [4.78, 5) is 23.7. The van der Waals surface area contributed by atoms with Gasteiger partial charge in [-0.15, -0.1) is 11.8 Å². The number of rotatable bonds is 10. The molecule has 2 N–H and O–H groups in total. The normalized spacial score (nSPS) is 14.8. The molecule has 0 atom stereocenters. The summed E-state index contributed by atoms with van der Waals surface area (Å²) in [7, 11) is 0. The number of hydrogen-bond donors (Lipinski definition) is 2. The Bertz CT molecular complexity index is 574. The van der Waals surface area contributed by atoms with Crippen molar-refractivity contribution < 1.29 is 14.3 Å². The van der Waals surface area contributed by atoms with E-state index in [1.54, 1.807) is 0 Å². The van der Waals surface area contributed by atoms with Crippen molar-refractivity contribution >= 4 is 29.3 Å². The molecule has 1 aliphatic carbocycles. The van der Waals surface area contributed by atoms with E-state index in [4.69, 9.17) is 4.74 Å². The molecule has 1 aromatic carbocycles. The molecular formula is C20H30N2O3S. The lowest BCUT2D eigenvalue weighted by atomic mass is 9.98. The van der Waals surface area contributed by atoms with Crippen LogP contribution in [0.3, 0.4) is 0 Å². The fourth-order valence-electron chi connectivity index (χ4n) is 2.99. The molecule has 0 unspecified atom stereocenters. The van der Waals surface area contributed by atoms with E-state index in [2.05, 4.69) is 10.6 Å². The second-order valence-corrected chi connectivity index (χ2v) is 7.73. The Balaban J connectivity index is 1.47. The smallest absolute Gasteiger partial charge is 0.234 e. The van der Waals surface area contributed by atoms with Crippen molar-refractivity contribution in [3.05, 3.63) is 29.8 Å². The van der Waals surface area contributed by atoms with E-state index in [9.17, 15) is 9.59 Å². The van der Waals surface area contributed by atoms with Gasteiger partial charge >= 0.3 is 0 Å². The molecule has 0 aliphatic heterocycles. The molecule has 2 rings (SSSR count). The molecule has 26 heavy (non-hydrogen) atoms. The predicted molar refractivity (Wildman–Crippen MR) is 108 cm³/mol. The second-order valence-electron chi connectivity index (χ2n) is 6.74. The molecule has 0 aromatic heterocycles. The fraction of sp³-hybridized carbons (Fsp3) is 0.600. The van der Waals surface area contributed by atoms with Crippen LogP contribution in [0.5, 0.6) is 0 Å². The molecule has 1 fully saturated rings. The number of thioether (sulfide) groups is 1. The molecule has 0 radical (unpaired) electrons. The summed E-state index contributed by atoms with van der Waals surface area (Å²) in [6.07, 6.45) is 7.48. The lowest BCUT2D eigenvalue weighted by Gasteiger charge is -2.21. The van der Waals surface area contributed by atoms with Crippen LogP contribution in [0.25, 0.3) is 0 Å². The van der Waals surface area contributed by atoms with Crippen LogP contribution in [0.15, 0.2) is 24.3 Å². The van der Waals surface area contributed by atoms with Crippen LogP contribution < -0.4 is 10.6 Å². The van der Waals surface area contributed by atoms with Crippen molar-refractivity contribution in [3.8, 4) is 0 Å². The Hall–Kier alpha value is -1.53. The second kappa shape index (κ2) is 12.0. The van der Waals surface area contributed by atoms with Gasteiger partial charge in [-0.25, -0.2) is 0 Å². The number of anilines is 1. The van der Waals surface area contributed by atoms with Crippen molar-refractivity contribution in [1.82, 2.24) is 5.32 Å². The largest absolute Gasteiger partial charge is 0.378 e. The Morgan fingerprint density at radius 1 is 1.15 bits per heavy atom. The lowest BCUT2D eigenvalue weighted by molar-refractivity contribution is -0.118. The number of carbonyl (C=O) groups excluding carboxylic acids is 2. The minimum absolute atomic E-state index is 0.0315. The Morgan fingerprint density at radius 3 is 2.69 bits per heavy atom. The molecule has 1 saturated carbocycles. The van der Waals surface area contributed by atoms with Crippen LogP contribution in [0.4, 0.5) is 5.69 Å². The quantitative estimate of drug-likeness (QED) is 0.611. The molecule has 0 saturated heterocycles. The summed E-state index contributed by atoms with van der Waals surface area (Å²) < 4.78 is 5.83. The van der Waals surface area contributed by atoms with Gasteiger partial charge in [-0.3, -0.25) is 9.59 Å². The summed E-state index contributed by atoms with van der Waals surface area (Å²) in [5, 5.41) is 5.72. The first kappa shape index (κ1) is 20.8. The number of hydrogen-bond acceptors (Lipinski definition) is 4. The van der Waals surface area contributed by atoms with Crippen LogP contribution in [0.2, 0.25) is 0 Å². The molecule has 144 valence electrons. The fourth-order valence-corrected chi connectivity index (χ4v) is 3.64. The highest BCUT2D eigenvalue weighted by atomic mass is 32.2. The third-order valence-electron chi connectivity index (χ3n) is 4.32. The maximum atomic E-state index is 11.9. The average molecular weight is 379 g/mol. The van der Waals surface area contributed by atoms with Gasteiger partial charge in [-0.2, -0.15) is 0 Å². The van der Waals surface area contributed by atoms with Gasteiger partial charge in [-0.1, -0.05) is 31.4 Å². The maximum absolute atomic E-state index is 11.9. The van der Waals surface area contributed by atoms with Gasteiger partial charge in [0.05, 0.1) is 17.6 Å². The maximum Gasteiger partial charge on any atom is 0.234 e. The standard InChI is InChI=1S/C20H30N2O3S/c1-16-7-5-8-17(13-16)22-20(24)15-26-14-19(23)21-11-6-12-25-18-9-3-2-4-10-18/h5,7-8,13,18H,2-4,6,9-12,14-15H2,1H3,(H,21,23)(H,22,24). The van der Waals surface area contributed by atoms with Crippen LogP contribution in [0, 0.1) is 6.92 Å². The summed E-state index contributed by atoms with van der Waals surface area (Å²) in [5.41, 5.74) is 1.89.